The monoisotopic (exact) mass is 347 g/mol. The van der Waals surface area contributed by atoms with Crippen LogP contribution < -0.4 is 5.32 Å². The maximum atomic E-state index is 12.4. The van der Waals surface area contributed by atoms with Crippen LogP contribution in [-0.2, 0) is 11.3 Å². The Balaban J connectivity index is 1.49. The number of nitrogens with one attached hydrogen (secondary N) is 1. The number of nitrogens with zero attached hydrogens (tertiary/aromatic N) is 2. The van der Waals surface area contributed by atoms with E-state index in [1.54, 1.807) is 18.4 Å². The van der Waals surface area contributed by atoms with E-state index in [4.69, 9.17) is 16.0 Å². The number of hydrogen-bond acceptors (Lipinski definition) is 4. The summed E-state index contributed by atoms with van der Waals surface area (Å²) in [6.07, 6.45) is 1.70. The van der Waals surface area contributed by atoms with Gasteiger partial charge in [0, 0.05) is 36.9 Å². The average molecular weight is 348 g/mol. The van der Waals surface area contributed by atoms with Crippen LogP contribution in [0.5, 0.6) is 0 Å². The quantitative estimate of drug-likeness (QED) is 0.903. The average Bonchev–Trinajstić information content (AvgIpc) is 3.08. The highest BCUT2D eigenvalue weighted by Crippen LogP contribution is 2.16. The fourth-order valence-corrected chi connectivity index (χ4v) is 3.10. The molecular formula is C18H22ClN3O2. The van der Waals surface area contributed by atoms with E-state index in [9.17, 15) is 4.79 Å². The maximum Gasteiger partial charge on any atom is 0.241 e. The molecule has 2 heterocycles. The summed E-state index contributed by atoms with van der Waals surface area (Å²) in [5.74, 6) is 0.979. The standard InChI is InChI=1S/C18H22ClN3O2/c1-14(18(23)20-16-5-2-4-15(19)12-16)22-9-7-21(8-10-22)13-17-6-3-11-24-17/h2-6,11-12,14H,7-10,13H2,1H3,(H,20,23). The third kappa shape index (κ3) is 4.38. The second-order valence-corrected chi connectivity index (χ2v) is 6.50. The topological polar surface area (TPSA) is 48.7 Å². The van der Waals surface area contributed by atoms with Gasteiger partial charge in [-0.15, -0.1) is 0 Å². The van der Waals surface area contributed by atoms with Gasteiger partial charge in [-0.25, -0.2) is 0 Å². The van der Waals surface area contributed by atoms with E-state index in [0.717, 1.165) is 44.2 Å². The molecule has 128 valence electrons. The molecule has 0 bridgehead atoms. The Labute approximate surface area is 147 Å². The van der Waals surface area contributed by atoms with Gasteiger partial charge in [0.05, 0.1) is 18.8 Å². The van der Waals surface area contributed by atoms with Crippen LogP contribution in [0.1, 0.15) is 12.7 Å². The summed E-state index contributed by atoms with van der Waals surface area (Å²) in [6, 6.07) is 11.0. The molecule has 0 saturated carbocycles. The predicted octanol–water partition coefficient (Wildman–Crippen LogP) is 3.08. The summed E-state index contributed by atoms with van der Waals surface area (Å²) in [4.78, 5) is 17.0. The zero-order valence-electron chi connectivity index (χ0n) is 13.7. The Morgan fingerprint density at radius 3 is 2.71 bits per heavy atom. The van der Waals surface area contributed by atoms with Gasteiger partial charge < -0.3 is 9.73 Å². The van der Waals surface area contributed by atoms with Crippen LogP contribution in [-0.4, -0.2) is 47.9 Å². The van der Waals surface area contributed by atoms with Crippen LogP contribution in [0.25, 0.3) is 0 Å². The molecule has 1 aliphatic rings. The zero-order valence-corrected chi connectivity index (χ0v) is 14.5. The molecule has 2 aromatic rings. The minimum atomic E-state index is -0.172. The van der Waals surface area contributed by atoms with Crippen molar-refractivity contribution >= 4 is 23.2 Å². The Hall–Kier alpha value is -1.82. The molecule has 0 radical (unpaired) electrons. The van der Waals surface area contributed by atoms with Crippen molar-refractivity contribution in [3.05, 3.63) is 53.4 Å². The molecule has 6 heteroatoms. The number of hydrogen-bond donors (Lipinski definition) is 1. The fourth-order valence-electron chi connectivity index (χ4n) is 2.91. The highest BCUT2D eigenvalue weighted by Gasteiger charge is 2.25. The number of anilines is 1. The van der Waals surface area contributed by atoms with E-state index < -0.39 is 0 Å². The lowest BCUT2D eigenvalue weighted by Crippen LogP contribution is -2.52. The lowest BCUT2D eigenvalue weighted by atomic mass is 10.2. The van der Waals surface area contributed by atoms with Gasteiger partial charge in [0.2, 0.25) is 5.91 Å². The van der Waals surface area contributed by atoms with Gasteiger partial charge >= 0.3 is 0 Å². The van der Waals surface area contributed by atoms with Crippen molar-refractivity contribution in [3.8, 4) is 0 Å². The lowest BCUT2D eigenvalue weighted by Gasteiger charge is -2.37. The number of carbonyl (C=O) groups excluding carboxylic acids is 1. The van der Waals surface area contributed by atoms with Gasteiger partial charge in [-0.3, -0.25) is 14.6 Å². The van der Waals surface area contributed by atoms with E-state index in [2.05, 4.69) is 15.1 Å². The molecule has 1 N–H and O–H groups in total. The zero-order chi connectivity index (χ0) is 16.9. The summed E-state index contributed by atoms with van der Waals surface area (Å²) < 4.78 is 5.39. The van der Waals surface area contributed by atoms with E-state index in [1.165, 1.54) is 0 Å². The Kier molecular flexibility index (Phi) is 5.56. The number of benzene rings is 1. The minimum Gasteiger partial charge on any atom is -0.468 e. The number of rotatable bonds is 5. The van der Waals surface area contributed by atoms with Crippen molar-refractivity contribution < 1.29 is 9.21 Å². The fraction of sp³-hybridized carbons (Fsp3) is 0.389. The van der Waals surface area contributed by atoms with E-state index >= 15 is 0 Å². The van der Waals surface area contributed by atoms with Crippen LogP contribution in [0.2, 0.25) is 5.02 Å². The first-order valence-corrected chi connectivity index (χ1v) is 8.55. The third-order valence-corrected chi connectivity index (χ3v) is 4.62. The molecule has 1 aromatic carbocycles. The molecule has 1 aliphatic heterocycles. The van der Waals surface area contributed by atoms with Crippen molar-refractivity contribution in [2.45, 2.75) is 19.5 Å². The lowest BCUT2D eigenvalue weighted by molar-refractivity contribution is -0.121. The van der Waals surface area contributed by atoms with Crippen molar-refractivity contribution in [2.75, 3.05) is 31.5 Å². The number of halogens is 1. The van der Waals surface area contributed by atoms with Gasteiger partial charge in [-0.2, -0.15) is 0 Å². The van der Waals surface area contributed by atoms with Crippen molar-refractivity contribution in [1.29, 1.82) is 0 Å². The van der Waals surface area contributed by atoms with Crippen LogP contribution in [0.4, 0.5) is 5.69 Å². The number of piperazine rings is 1. The highest BCUT2D eigenvalue weighted by atomic mass is 35.5. The molecule has 1 fully saturated rings. The summed E-state index contributed by atoms with van der Waals surface area (Å²) >= 11 is 5.96. The van der Waals surface area contributed by atoms with Crippen molar-refractivity contribution in [1.82, 2.24) is 9.80 Å². The first kappa shape index (κ1) is 17.0. The molecule has 24 heavy (non-hydrogen) atoms. The van der Waals surface area contributed by atoms with Crippen molar-refractivity contribution in [2.24, 2.45) is 0 Å². The molecule has 3 rings (SSSR count). The second kappa shape index (κ2) is 7.83. The summed E-state index contributed by atoms with van der Waals surface area (Å²) in [5.41, 5.74) is 0.732. The summed E-state index contributed by atoms with van der Waals surface area (Å²) in [7, 11) is 0. The van der Waals surface area contributed by atoms with Gasteiger partial charge in [0.15, 0.2) is 0 Å². The molecule has 5 nitrogen and oxygen atoms in total. The molecule has 1 amide bonds. The van der Waals surface area contributed by atoms with E-state index in [-0.39, 0.29) is 11.9 Å². The molecule has 0 spiro atoms. The van der Waals surface area contributed by atoms with Gasteiger partial charge in [0.25, 0.3) is 0 Å². The Bertz CT molecular complexity index is 667. The largest absolute Gasteiger partial charge is 0.468 e. The number of furan rings is 1. The first-order chi connectivity index (χ1) is 11.6. The normalized spacial score (nSPS) is 17.6. The number of amides is 1. The second-order valence-electron chi connectivity index (χ2n) is 6.07. The predicted molar refractivity (Wildman–Crippen MR) is 95.1 cm³/mol. The summed E-state index contributed by atoms with van der Waals surface area (Å²) in [6.45, 7) is 6.35. The molecule has 1 atom stereocenters. The SMILES string of the molecule is CC(C(=O)Nc1cccc(Cl)c1)N1CCN(Cc2ccco2)CC1. The van der Waals surface area contributed by atoms with Crippen LogP contribution >= 0.6 is 11.6 Å². The molecule has 1 saturated heterocycles. The Morgan fingerprint density at radius 1 is 1.25 bits per heavy atom. The maximum absolute atomic E-state index is 12.4. The molecular weight excluding hydrogens is 326 g/mol. The van der Waals surface area contributed by atoms with Crippen LogP contribution in [0.15, 0.2) is 47.1 Å². The van der Waals surface area contributed by atoms with Crippen LogP contribution in [0, 0.1) is 0 Å². The molecule has 0 aliphatic carbocycles. The first-order valence-electron chi connectivity index (χ1n) is 8.17. The van der Waals surface area contributed by atoms with Crippen LogP contribution in [0.3, 0.4) is 0 Å². The number of carbonyl (C=O) groups is 1. The van der Waals surface area contributed by atoms with Gasteiger partial charge in [0.1, 0.15) is 5.76 Å². The van der Waals surface area contributed by atoms with E-state index in [0.29, 0.717) is 5.02 Å². The molecule has 1 unspecified atom stereocenters. The third-order valence-electron chi connectivity index (χ3n) is 4.39. The highest BCUT2D eigenvalue weighted by molar-refractivity contribution is 6.30. The van der Waals surface area contributed by atoms with Gasteiger partial charge in [-0.05, 0) is 37.3 Å². The van der Waals surface area contributed by atoms with Gasteiger partial charge in [-0.1, -0.05) is 17.7 Å². The minimum absolute atomic E-state index is 0.00301. The van der Waals surface area contributed by atoms with Crippen molar-refractivity contribution in [3.63, 3.8) is 0 Å². The molecule has 1 aromatic heterocycles. The summed E-state index contributed by atoms with van der Waals surface area (Å²) in [5, 5.41) is 3.55. The Morgan fingerprint density at radius 2 is 2.04 bits per heavy atom. The smallest absolute Gasteiger partial charge is 0.241 e. The van der Waals surface area contributed by atoms with E-state index in [1.807, 2.05) is 31.2 Å².